The number of carbonyl (C=O) groups excluding carboxylic acids is 1. The van der Waals surface area contributed by atoms with Gasteiger partial charge in [0.25, 0.3) is 0 Å². The van der Waals surface area contributed by atoms with Gasteiger partial charge in [-0.2, -0.15) is 5.10 Å². The van der Waals surface area contributed by atoms with Crippen LogP contribution in [0, 0.1) is 0 Å². The topological polar surface area (TPSA) is 72.3 Å². The molecule has 0 aliphatic heterocycles. The van der Waals surface area contributed by atoms with E-state index in [9.17, 15) is 4.79 Å². The monoisotopic (exact) mass is 264 g/mol. The molecule has 0 aliphatic carbocycles. The van der Waals surface area contributed by atoms with Gasteiger partial charge in [-0.1, -0.05) is 11.6 Å². The fourth-order valence-electron chi connectivity index (χ4n) is 1.83. The van der Waals surface area contributed by atoms with Gasteiger partial charge in [-0.05, 0) is 13.0 Å². The molecule has 0 radical (unpaired) electrons. The van der Waals surface area contributed by atoms with Gasteiger partial charge in [0.05, 0.1) is 18.3 Å². The number of rotatable bonds is 2. The largest absolute Gasteiger partial charge is 0.461 e. The van der Waals surface area contributed by atoms with Gasteiger partial charge >= 0.3 is 5.97 Å². The summed E-state index contributed by atoms with van der Waals surface area (Å²) in [6.07, 6.45) is 3.17. The highest BCUT2D eigenvalue weighted by Crippen LogP contribution is 2.24. The summed E-state index contributed by atoms with van der Waals surface area (Å²) in [6.45, 7) is 2.04. The van der Waals surface area contributed by atoms with Crippen LogP contribution in [0.15, 0.2) is 18.5 Å². The summed E-state index contributed by atoms with van der Waals surface area (Å²) in [5.74, 6) is -0.473. The van der Waals surface area contributed by atoms with Crippen LogP contribution in [0.2, 0.25) is 5.15 Å². The van der Waals surface area contributed by atoms with Gasteiger partial charge < -0.3 is 9.72 Å². The highest BCUT2D eigenvalue weighted by Gasteiger charge is 2.17. The zero-order valence-corrected chi connectivity index (χ0v) is 10.2. The maximum Gasteiger partial charge on any atom is 0.358 e. The van der Waals surface area contributed by atoms with Crippen LogP contribution in [0.5, 0.6) is 0 Å². The smallest absolute Gasteiger partial charge is 0.358 e. The van der Waals surface area contributed by atoms with Crippen molar-refractivity contribution in [3.63, 3.8) is 0 Å². The minimum absolute atomic E-state index is 0.255. The number of H-pyrrole nitrogens is 1. The number of ether oxygens (including phenoxy) is 1. The summed E-state index contributed by atoms with van der Waals surface area (Å²) >= 11 is 6.06. The summed E-state index contributed by atoms with van der Waals surface area (Å²) in [5, 5.41) is 5.21. The Hall–Kier alpha value is -2.08. The lowest BCUT2D eigenvalue weighted by Crippen LogP contribution is -2.09. The summed E-state index contributed by atoms with van der Waals surface area (Å²) < 4.78 is 6.32. The highest BCUT2D eigenvalue weighted by molar-refractivity contribution is 6.34. The van der Waals surface area contributed by atoms with Gasteiger partial charge in [0.2, 0.25) is 0 Å². The van der Waals surface area contributed by atoms with E-state index in [1.807, 2.05) is 6.07 Å². The van der Waals surface area contributed by atoms with Crippen molar-refractivity contribution in [1.29, 1.82) is 0 Å². The van der Waals surface area contributed by atoms with Crippen LogP contribution >= 0.6 is 11.6 Å². The van der Waals surface area contributed by atoms with Crippen molar-refractivity contribution in [3.05, 3.63) is 29.3 Å². The Morgan fingerprint density at radius 3 is 3.22 bits per heavy atom. The minimum atomic E-state index is -0.473. The molecule has 1 N–H and O–H groups in total. The number of aromatic nitrogens is 4. The van der Waals surface area contributed by atoms with Crippen molar-refractivity contribution in [1.82, 2.24) is 19.6 Å². The molecule has 0 atom stereocenters. The molecule has 3 rings (SSSR count). The Labute approximate surface area is 107 Å². The SMILES string of the molecule is CCOC(=O)c1cnc2c3[nH]ccc3c(Cl)nn12. The predicted molar refractivity (Wildman–Crippen MR) is 65.8 cm³/mol. The molecule has 0 saturated heterocycles. The summed E-state index contributed by atoms with van der Waals surface area (Å²) in [5.41, 5.74) is 1.54. The number of fused-ring (bicyclic) bond motifs is 3. The molecule has 92 valence electrons. The third-order valence-electron chi connectivity index (χ3n) is 2.60. The van der Waals surface area contributed by atoms with Crippen molar-refractivity contribution in [2.75, 3.05) is 6.61 Å². The van der Waals surface area contributed by atoms with Crippen LogP contribution in [-0.2, 0) is 4.74 Å². The van der Waals surface area contributed by atoms with Gasteiger partial charge in [0.15, 0.2) is 16.5 Å². The second-order valence-corrected chi connectivity index (χ2v) is 4.01. The number of aromatic amines is 1. The molecule has 3 aromatic rings. The van der Waals surface area contributed by atoms with Crippen LogP contribution < -0.4 is 0 Å². The van der Waals surface area contributed by atoms with Crippen LogP contribution in [0.25, 0.3) is 16.6 Å². The third kappa shape index (κ3) is 1.46. The molecular formula is C11H9ClN4O2. The van der Waals surface area contributed by atoms with Crippen LogP contribution in [0.1, 0.15) is 17.4 Å². The lowest BCUT2D eigenvalue weighted by Gasteiger charge is -2.02. The minimum Gasteiger partial charge on any atom is -0.461 e. The Balaban J connectivity index is 2.31. The molecule has 6 nitrogen and oxygen atoms in total. The van der Waals surface area contributed by atoms with Crippen LogP contribution in [0.4, 0.5) is 0 Å². The molecule has 0 aromatic carbocycles. The first kappa shape index (κ1) is 11.0. The Morgan fingerprint density at radius 1 is 1.61 bits per heavy atom. The maximum atomic E-state index is 11.7. The maximum absolute atomic E-state index is 11.7. The van der Waals surface area contributed by atoms with Crippen molar-refractivity contribution < 1.29 is 9.53 Å². The first-order valence-electron chi connectivity index (χ1n) is 5.39. The molecule has 0 spiro atoms. The molecule has 0 saturated carbocycles. The number of imidazole rings is 1. The number of hydrogen-bond donors (Lipinski definition) is 1. The quantitative estimate of drug-likeness (QED) is 0.719. The Bertz CT molecular complexity index is 746. The number of halogens is 1. The first-order chi connectivity index (χ1) is 8.72. The molecule has 0 fully saturated rings. The molecule has 0 aliphatic rings. The molecule has 18 heavy (non-hydrogen) atoms. The highest BCUT2D eigenvalue weighted by atomic mass is 35.5. The second kappa shape index (κ2) is 3.99. The van der Waals surface area contributed by atoms with Gasteiger partial charge in [-0.15, -0.1) is 0 Å². The molecule has 0 bridgehead atoms. The van der Waals surface area contributed by atoms with E-state index < -0.39 is 5.97 Å². The average Bonchev–Trinajstić information content (AvgIpc) is 2.94. The van der Waals surface area contributed by atoms with E-state index in [1.165, 1.54) is 10.7 Å². The van der Waals surface area contributed by atoms with E-state index in [1.54, 1.807) is 13.1 Å². The van der Waals surface area contributed by atoms with E-state index in [2.05, 4.69) is 15.1 Å². The van der Waals surface area contributed by atoms with Crippen molar-refractivity contribution in [2.45, 2.75) is 6.92 Å². The van der Waals surface area contributed by atoms with Crippen LogP contribution in [-0.4, -0.2) is 32.2 Å². The molecule has 0 amide bonds. The van der Waals surface area contributed by atoms with E-state index in [4.69, 9.17) is 16.3 Å². The number of esters is 1. The predicted octanol–water partition coefficient (Wildman–Crippen LogP) is 2.04. The van der Waals surface area contributed by atoms with E-state index >= 15 is 0 Å². The summed E-state index contributed by atoms with van der Waals surface area (Å²) in [4.78, 5) is 18.9. The van der Waals surface area contributed by atoms with Gasteiger partial charge in [0.1, 0.15) is 0 Å². The fraction of sp³-hybridized carbons (Fsp3) is 0.182. The Kier molecular flexibility index (Phi) is 2.45. The van der Waals surface area contributed by atoms with E-state index in [0.29, 0.717) is 17.4 Å². The third-order valence-corrected chi connectivity index (χ3v) is 2.88. The van der Waals surface area contributed by atoms with Crippen molar-refractivity contribution >= 4 is 34.1 Å². The molecule has 0 unspecified atom stereocenters. The normalized spacial score (nSPS) is 11.2. The number of hydrogen-bond acceptors (Lipinski definition) is 4. The lowest BCUT2D eigenvalue weighted by atomic mass is 10.3. The zero-order chi connectivity index (χ0) is 12.7. The number of carbonyl (C=O) groups is 1. The molecule has 3 aromatic heterocycles. The van der Waals surface area contributed by atoms with E-state index in [-0.39, 0.29) is 5.69 Å². The first-order valence-corrected chi connectivity index (χ1v) is 5.77. The molecule has 3 heterocycles. The Morgan fingerprint density at radius 2 is 2.44 bits per heavy atom. The number of nitrogens with one attached hydrogen (secondary N) is 1. The molecular weight excluding hydrogens is 256 g/mol. The summed E-state index contributed by atoms with van der Waals surface area (Å²) in [7, 11) is 0. The second-order valence-electron chi connectivity index (χ2n) is 3.66. The van der Waals surface area contributed by atoms with Crippen molar-refractivity contribution in [3.8, 4) is 0 Å². The molecule has 7 heteroatoms. The lowest BCUT2D eigenvalue weighted by molar-refractivity contribution is 0.0517. The van der Waals surface area contributed by atoms with Crippen molar-refractivity contribution in [2.24, 2.45) is 0 Å². The average molecular weight is 265 g/mol. The fourth-order valence-corrected chi connectivity index (χ4v) is 2.06. The number of nitrogens with zero attached hydrogens (tertiary/aromatic N) is 3. The van der Waals surface area contributed by atoms with Crippen LogP contribution in [0.3, 0.4) is 0 Å². The van der Waals surface area contributed by atoms with E-state index in [0.717, 1.165) is 10.9 Å². The zero-order valence-electron chi connectivity index (χ0n) is 9.48. The van der Waals surface area contributed by atoms with Gasteiger partial charge in [-0.3, -0.25) is 0 Å². The summed E-state index contributed by atoms with van der Waals surface area (Å²) in [6, 6.07) is 1.81. The van der Waals surface area contributed by atoms with Gasteiger partial charge in [-0.25, -0.2) is 14.3 Å². The van der Waals surface area contributed by atoms with Gasteiger partial charge in [0, 0.05) is 11.6 Å². The standard InChI is InChI=1S/C11H9ClN4O2/c1-2-18-11(17)7-5-14-10-8-6(3-4-13-8)9(12)15-16(7)10/h3-5,13H,2H2,1H3.